The molecule has 2 N–H and O–H groups in total. The van der Waals surface area contributed by atoms with E-state index in [0.29, 0.717) is 11.5 Å². The molecule has 1 aromatic carbocycles. The first-order valence-electron chi connectivity index (χ1n) is 6.08. The topological polar surface area (TPSA) is 61.0 Å². The van der Waals surface area contributed by atoms with Gasteiger partial charge in [-0.15, -0.1) is 0 Å². The van der Waals surface area contributed by atoms with Crippen molar-refractivity contribution in [1.29, 1.82) is 0 Å². The molecule has 3 rings (SSSR count). The van der Waals surface area contributed by atoms with E-state index in [0.717, 1.165) is 18.6 Å². The van der Waals surface area contributed by atoms with Crippen LogP contribution in [0.25, 0.3) is 0 Å². The van der Waals surface area contributed by atoms with Gasteiger partial charge in [0.25, 0.3) is 0 Å². The van der Waals surface area contributed by atoms with E-state index in [4.69, 9.17) is 10.5 Å². The summed E-state index contributed by atoms with van der Waals surface area (Å²) in [6.45, 7) is 2.09. The number of hydrogen-bond donors (Lipinski definition) is 1. The highest BCUT2D eigenvalue weighted by Gasteiger charge is 2.41. The zero-order valence-corrected chi connectivity index (χ0v) is 10.3. The molecule has 0 saturated heterocycles. The summed E-state index contributed by atoms with van der Waals surface area (Å²) in [6.07, 6.45) is 4.90. The lowest BCUT2D eigenvalue weighted by molar-refractivity contribution is 0.0782. The first kappa shape index (κ1) is 11.0. The molecule has 1 aliphatic rings. The molecule has 0 saturated carbocycles. The van der Waals surface area contributed by atoms with Crippen molar-refractivity contribution < 1.29 is 4.74 Å². The quantitative estimate of drug-likeness (QED) is 0.876. The molecule has 1 atom stereocenters. The van der Waals surface area contributed by atoms with Gasteiger partial charge in [0.15, 0.2) is 11.4 Å². The Kier molecular flexibility index (Phi) is 2.44. The zero-order valence-electron chi connectivity index (χ0n) is 10.3. The smallest absolute Gasteiger partial charge is 0.172 e. The van der Waals surface area contributed by atoms with E-state index in [1.165, 1.54) is 5.56 Å². The van der Waals surface area contributed by atoms with Crippen LogP contribution in [-0.4, -0.2) is 9.97 Å². The number of nitrogens with zero attached hydrogens (tertiary/aromatic N) is 2. The van der Waals surface area contributed by atoms with Gasteiger partial charge in [0.1, 0.15) is 5.75 Å². The normalized spacial score (nSPS) is 21.4. The molecule has 0 radical (unpaired) electrons. The molecule has 0 aliphatic carbocycles. The number of rotatable bonds is 2. The molecular formula is C14H15N3O. The third kappa shape index (κ3) is 1.61. The Hall–Kier alpha value is -2.10. The van der Waals surface area contributed by atoms with Gasteiger partial charge in [-0.1, -0.05) is 25.1 Å². The van der Waals surface area contributed by atoms with Crippen LogP contribution in [0.15, 0.2) is 36.7 Å². The van der Waals surface area contributed by atoms with Crippen LogP contribution in [-0.2, 0) is 12.0 Å². The Morgan fingerprint density at radius 3 is 2.67 bits per heavy atom. The summed E-state index contributed by atoms with van der Waals surface area (Å²) in [5.41, 5.74) is 6.96. The number of nitrogen functional groups attached to an aromatic ring is 1. The van der Waals surface area contributed by atoms with Crippen molar-refractivity contribution in [3.63, 3.8) is 0 Å². The van der Waals surface area contributed by atoms with E-state index < -0.39 is 5.60 Å². The average Bonchev–Trinajstić information content (AvgIpc) is 2.79. The highest BCUT2D eigenvalue weighted by atomic mass is 16.5. The molecule has 4 heteroatoms. The van der Waals surface area contributed by atoms with E-state index >= 15 is 0 Å². The predicted molar refractivity (Wildman–Crippen MR) is 69.2 cm³/mol. The maximum Gasteiger partial charge on any atom is 0.172 e. The largest absolute Gasteiger partial charge is 0.479 e. The molecule has 0 fully saturated rings. The Bertz CT molecular complexity index is 541. The summed E-state index contributed by atoms with van der Waals surface area (Å²) in [5, 5.41) is 0. The second-order valence-electron chi connectivity index (χ2n) is 4.57. The molecule has 92 valence electrons. The number of fused-ring (bicyclic) bond motifs is 1. The zero-order chi connectivity index (χ0) is 12.6. The van der Waals surface area contributed by atoms with Crippen molar-refractivity contribution in [3.05, 3.63) is 48.0 Å². The molecule has 4 nitrogen and oxygen atoms in total. The molecule has 0 spiro atoms. The molecule has 18 heavy (non-hydrogen) atoms. The van der Waals surface area contributed by atoms with Crippen LogP contribution in [0, 0.1) is 0 Å². The molecule has 1 aliphatic heterocycles. The molecule has 1 aromatic heterocycles. The Labute approximate surface area is 106 Å². The fourth-order valence-electron chi connectivity index (χ4n) is 2.36. The summed E-state index contributed by atoms with van der Waals surface area (Å²) in [6, 6.07) is 8.08. The van der Waals surface area contributed by atoms with Crippen LogP contribution in [0.4, 0.5) is 5.69 Å². The van der Waals surface area contributed by atoms with Crippen molar-refractivity contribution in [2.75, 3.05) is 5.73 Å². The van der Waals surface area contributed by atoms with Gasteiger partial charge < -0.3 is 10.5 Å². The summed E-state index contributed by atoms with van der Waals surface area (Å²) in [4.78, 5) is 8.65. The highest BCUT2D eigenvalue weighted by molar-refractivity contribution is 5.41. The number of ether oxygens (including phenoxy) is 1. The molecule has 1 unspecified atom stereocenters. The second kappa shape index (κ2) is 3.98. The van der Waals surface area contributed by atoms with Crippen molar-refractivity contribution in [2.45, 2.75) is 25.4 Å². The minimum Gasteiger partial charge on any atom is -0.479 e. The number of nitrogens with two attached hydrogens (primary N) is 1. The lowest BCUT2D eigenvalue weighted by Gasteiger charge is -2.25. The van der Waals surface area contributed by atoms with E-state index in [-0.39, 0.29) is 0 Å². The van der Waals surface area contributed by atoms with Crippen LogP contribution in [0.1, 0.15) is 24.7 Å². The summed E-state index contributed by atoms with van der Waals surface area (Å²) in [7, 11) is 0. The van der Waals surface area contributed by atoms with Crippen LogP contribution in [0.5, 0.6) is 5.75 Å². The van der Waals surface area contributed by atoms with Crippen molar-refractivity contribution in [1.82, 2.24) is 9.97 Å². The van der Waals surface area contributed by atoms with Gasteiger partial charge in [0, 0.05) is 6.42 Å². The van der Waals surface area contributed by atoms with E-state index in [1.807, 2.05) is 18.2 Å². The number of benzene rings is 1. The minimum atomic E-state index is -0.447. The van der Waals surface area contributed by atoms with Crippen LogP contribution >= 0.6 is 0 Å². The lowest BCUT2D eigenvalue weighted by atomic mass is 9.93. The average molecular weight is 241 g/mol. The van der Waals surface area contributed by atoms with Crippen LogP contribution in [0.3, 0.4) is 0 Å². The summed E-state index contributed by atoms with van der Waals surface area (Å²) in [5.74, 6) is 1.63. The monoisotopic (exact) mass is 241 g/mol. The van der Waals surface area contributed by atoms with Gasteiger partial charge in [-0.3, -0.25) is 0 Å². The van der Waals surface area contributed by atoms with Crippen LogP contribution < -0.4 is 10.5 Å². The number of para-hydroxylation sites is 1. The van der Waals surface area contributed by atoms with Gasteiger partial charge >= 0.3 is 0 Å². The van der Waals surface area contributed by atoms with Crippen molar-refractivity contribution in [3.8, 4) is 5.75 Å². The fourth-order valence-corrected chi connectivity index (χ4v) is 2.36. The third-order valence-corrected chi connectivity index (χ3v) is 3.40. The lowest BCUT2D eigenvalue weighted by Crippen LogP contribution is -2.32. The Morgan fingerprint density at radius 2 is 2.00 bits per heavy atom. The van der Waals surface area contributed by atoms with Gasteiger partial charge in [0.2, 0.25) is 0 Å². The maximum absolute atomic E-state index is 6.10. The molecule has 0 bridgehead atoms. The number of hydrogen-bond acceptors (Lipinski definition) is 4. The third-order valence-electron chi connectivity index (χ3n) is 3.40. The van der Waals surface area contributed by atoms with Crippen LogP contribution in [0.2, 0.25) is 0 Å². The van der Waals surface area contributed by atoms with Crippen molar-refractivity contribution in [2.24, 2.45) is 0 Å². The highest BCUT2D eigenvalue weighted by Crippen LogP contribution is 2.41. The first-order valence-corrected chi connectivity index (χ1v) is 6.08. The molecular weight excluding hydrogens is 226 g/mol. The standard InChI is InChI=1S/C14H15N3O/c1-2-14(13-16-8-11(15)9-17-13)7-10-5-3-4-6-12(10)18-14/h3-6,8-9H,2,7,15H2,1H3. The fraction of sp³-hybridized carbons (Fsp3) is 0.286. The molecule has 2 heterocycles. The van der Waals surface area contributed by atoms with Crippen molar-refractivity contribution >= 4 is 5.69 Å². The molecule has 2 aromatic rings. The molecule has 0 amide bonds. The summed E-state index contributed by atoms with van der Waals surface area (Å²) < 4.78 is 6.10. The summed E-state index contributed by atoms with van der Waals surface area (Å²) >= 11 is 0. The van der Waals surface area contributed by atoms with Gasteiger partial charge in [-0.05, 0) is 18.1 Å². The number of aromatic nitrogens is 2. The predicted octanol–water partition coefficient (Wildman–Crippen LogP) is 2.30. The minimum absolute atomic E-state index is 0.447. The SMILES string of the molecule is CCC1(c2ncc(N)cn2)Cc2ccccc2O1. The van der Waals surface area contributed by atoms with Gasteiger partial charge in [-0.25, -0.2) is 9.97 Å². The van der Waals surface area contributed by atoms with E-state index in [2.05, 4.69) is 23.0 Å². The van der Waals surface area contributed by atoms with Gasteiger partial charge in [0.05, 0.1) is 18.1 Å². The van der Waals surface area contributed by atoms with E-state index in [9.17, 15) is 0 Å². The van der Waals surface area contributed by atoms with Gasteiger partial charge in [-0.2, -0.15) is 0 Å². The second-order valence-corrected chi connectivity index (χ2v) is 4.57. The Morgan fingerprint density at radius 1 is 1.28 bits per heavy atom. The van der Waals surface area contributed by atoms with E-state index in [1.54, 1.807) is 12.4 Å². The first-order chi connectivity index (χ1) is 8.73. The number of anilines is 1. The maximum atomic E-state index is 6.10. The Balaban J connectivity index is 2.02.